The van der Waals surface area contributed by atoms with Gasteiger partial charge in [0, 0.05) is 55.5 Å². The highest BCUT2D eigenvalue weighted by Gasteiger charge is 2.32. The van der Waals surface area contributed by atoms with Gasteiger partial charge in [0.05, 0.1) is 16.8 Å². The summed E-state index contributed by atoms with van der Waals surface area (Å²) in [6.07, 6.45) is 4.53. The Hall–Kier alpha value is -2.95. The average molecular weight is 480 g/mol. The van der Waals surface area contributed by atoms with Crippen molar-refractivity contribution in [2.45, 2.75) is 52.6 Å². The number of pyridine rings is 1. The molecule has 2 fully saturated rings. The fourth-order valence-electron chi connectivity index (χ4n) is 4.47. The molecule has 1 aliphatic carbocycles. The minimum absolute atomic E-state index is 0.169. The van der Waals surface area contributed by atoms with Crippen LogP contribution in [0.4, 0.5) is 5.69 Å². The Morgan fingerprint density at radius 2 is 2.00 bits per heavy atom. The minimum Gasteiger partial charge on any atom is -0.337 e. The van der Waals surface area contributed by atoms with E-state index in [1.807, 2.05) is 17.9 Å². The second-order valence-electron chi connectivity index (χ2n) is 9.48. The predicted molar refractivity (Wildman–Crippen MR) is 132 cm³/mol. The first-order valence-corrected chi connectivity index (χ1v) is 12.1. The summed E-state index contributed by atoms with van der Waals surface area (Å²) in [7, 11) is 0. The topological polar surface area (TPSA) is 89.3 Å². The molecule has 1 N–H and O–H groups in total. The molecule has 1 saturated carbocycles. The highest BCUT2D eigenvalue weighted by Crippen LogP contribution is 2.33. The molecule has 1 aliphatic heterocycles. The van der Waals surface area contributed by atoms with Gasteiger partial charge in [-0.3, -0.25) is 19.5 Å². The number of hydrogen-bond donors (Lipinski definition) is 1. The smallest absolute Gasteiger partial charge is 0.257 e. The van der Waals surface area contributed by atoms with Crippen molar-refractivity contribution in [3.05, 3.63) is 57.4 Å². The van der Waals surface area contributed by atoms with Crippen LogP contribution in [0.25, 0.3) is 0 Å². The molecule has 8 heteroatoms. The zero-order valence-corrected chi connectivity index (χ0v) is 20.7. The zero-order chi connectivity index (χ0) is 24.4. The summed E-state index contributed by atoms with van der Waals surface area (Å²) in [6.45, 7) is 8.84. The summed E-state index contributed by atoms with van der Waals surface area (Å²) in [5.41, 5.74) is 3.90. The fraction of sp³-hybridized carbons (Fsp3) is 0.462. The van der Waals surface area contributed by atoms with E-state index in [0.717, 1.165) is 30.8 Å². The van der Waals surface area contributed by atoms with Crippen molar-refractivity contribution in [3.8, 4) is 6.07 Å². The minimum atomic E-state index is -0.336. The summed E-state index contributed by atoms with van der Waals surface area (Å²) in [5, 5.41) is 12.7. The largest absolute Gasteiger partial charge is 0.337 e. The maximum Gasteiger partial charge on any atom is 0.257 e. The Bertz CT molecular complexity index is 1150. The number of hydrogen-bond acceptors (Lipinski definition) is 5. The van der Waals surface area contributed by atoms with Crippen LogP contribution in [0.15, 0.2) is 24.4 Å². The van der Waals surface area contributed by atoms with Gasteiger partial charge in [0.15, 0.2) is 0 Å². The number of nitrogens with zero attached hydrogens (tertiary/aromatic N) is 4. The third-order valence-corrected chi connectivity index (χ3v) is 7.00. The number of nitriles is 1. The van der Waals surface area contributed by atoms with Gasteiger partial charge in [-0.2, -0.15) is 5.26 Å². The molecule has 1 aromatic carbocycles. The standard InChI is InChI=1S/C26H30ClN5O2/c1-16-14-31(6-7-32(16)25(33)8-19-4-5-19)15-22-10-23(27)11-24(17(22)2)30-26(34)21-9-20(12-28)18(3)29-13-21/h9-11,13,16,19H,4-8,14-15H2,1-3H3,(H,30,34)/t16-/m0/s1. The first-order valence-electron chi connectivity index (χ1n) is 11.7. The van der Waals surface area contributed by atoms with Crippen molar-refractivity contribution in [1.82, 2.24) is 14.8 Å². The monoisotopic (exact) mass is 479 g/mol. The van der Waals surface area contributed by atoms with Gasteiger partial charge in [-0.05, 0) is 68.9 Å². The molecule has 1 saturated heterocycles. The second-order valence-corrected chi connectivity index (χ2v) is 9.92. The number of aromatic nitrogens is 1. The van der Waals surface area contributed by atoms with Crippen molar-refractivity contribution in [1.29, 1.82) is 5.26 Å². The number of benzene rings is 1. The van der Waals surface area contributed by atoms with E-state index in [9.17, 15) is 14.9 Å². The Morgan fingerprint density at radius 3 is 2.68 bits per heavy atom. The first kappa shape index (κ1) is 24.2. The molecule has 178 valence electrons. The summed E-state index contributed by atoms with van der Waals surface area (Å²) >= 11 is 6.41. The molecule has 0 radical (unpaired) electrons. The number of carbonyl (C=O) groups excluding carboxylic acids is 2. The fourth-order valence-corrected chi connectivity index (χ4v) is 4.71. The lowest BCUT2D eigenvalue weighted by molar-refractivity contribution is -0.136. The van der Waals surface area contributed by atoms with Crippen LogP contribution in [0, 0.1) is 31.1 Å². The lowest BCUT2D eigenvalue weighted by atomic mass is 10.0. The summed E-state index contributed by atoms with van der Waals surface area (Å²) in [4.78, 5) is 33.9. The highest BCUT2D eigenvalue weighted by atomic mass is 35.5. The van der Waals surface area contributed by atoms with Crippen LogP contribution in [0.3, 0.4) is 0 Å². The van der Waals surface area contributed by atoms with Gasteiger partial charge < -0.3 is 10.2 Å². The van der Waals surface area contributed by atoms with Crippen LogP contribution in [0.2, 0.25) is 5.02 Å². The van der Waals surface area contributed by atoms with Crippen LogP contribution < -0.4 is 5.32 Å². The van der Waals surface area contributed by atoms with Gasteiger partial charge in [-0.15, -0.1) is 0 Å². The number of nitrogens with one attached hydrogen (secondary N) is 1. The molecule has 0 spiro atoms. The van der Waals surface area contributed by atoms with Crippen molar-refractivity contribution in [2.24, 2.45) is 5.92 Å². The van der Waals surface area contributed by atoms with Crippen LogP contribution in [0.5, 0.6) is 0 Å². The Kier molecular flexibility index (Phi) is 7.20. The van der Waals surface area contributed by atoms with Gasteiger partial charge >= 0.3 is 0 Å². The van der Waals surface area contributed by atoms with E-state index in [1.165, 1.54) is 19.0 Å². The molecule has 2 aromatic rings. The molecular weight excluding hydrogens is 450 g/mol. The number of carbonyl (C=O) groups is 2. The van der Waals surface area contributed by atoms with Crippen LogP contribution in [0.1, 0.15) is 58.9 Å². The van der Waals surface area contributed by atoms with Crippen molar-refractivity contribution >= 4 is 29.1 Å². The van der Waals surface area contributed by atoms with Crippen molar-refractivity contribution < 1.29 is 9.59 Å². The van der Waals surface area contributed by atoms with E-state index < -0.39 is 0 Å². The SMILES string of the molecule is Cc1ncc(C(=O)Nc2cc(Cl)cc(CN3CCN(C(=O)CC4CC4)[C@@H](C)C3)c2C)cc1C#N. The van der Waals surface area contributed by atoms with E-state index in [1.54, 1.807) is 19.1 Å². The number of piperazine rings is 1. The molecule has 2 heterocycles. The maximum atomic E-state index is 12.8. The quantitative estimate of drug-likeness (QED) is 0.666. The summed E-state index contributed by atoms with van der Waals surface area (Å²) in [5.74, 6) is 0.545. The average Bonchev–Trinajstić information content (AvgIpc) is 3.61. The molecule has 0 unspecified atom stereocenters. The van der Waals surface area contributed by atoms with Crippen LogP contribution in [-0.4, -0.2) is 52.3 Å². The summed E-state index contributed by atoms with van der Waals surface area (Å²) in [6, 6.07) is 7.45. The molecular formula is C26H30ClN5O2. The molecule has 7 nitrogen and oxygen atoms in total. The van der Waals surface area contributed by atoms with Gasteiger partial charge in [0.25, 0.3) is 5.91 Å². The lowest BCUT2D eigenvalue weighted by Gasteiger charge is -2.40. The molecule has 0 bridgehead atoms. The number of rotatable bonds is 6. The maximum absolute atomic E-state index is 12.8. The van der Waals surface area contributed by atoms with Gasteiger partial charge in [-0.25, -0.2) is 0 Å². The lowest BCUT2D eigenvalue weighted by Crippen LogP contribution is -2.53. The number of amides is 2. The van der Waals surface area contributed by atoms with E-state index in [4.69, 9.17) is 11.6 Å². The number of anilines is 1. The van der Waals surface area contributed by atoms with Gasteiger partial charge in [0.2, 0.25) is 5.91 Å². The second kappa shape index (κ2) is 10.1. The first-order chi connectivity index (χ1) is 16.2. The molecule has 1 atom stereocenters. The van der Waals surface area contributed by atoms with Crippen molar-refractivity contribution in [2.75, 3.05) is 25.0 Å². The molecule has 4 rings (SSSR count). The van der Waals surface area contributed by atoms with Gasteiger partial charge in [-0.1, -0.05) is 11.6 Å². The van der Waals surface area contributed by atoms with E-state index in [-0.39, 0.29) is 17.9 Å². The molecule has 2 aliphatic rings. The van der Waals surface area contributed by atoms with E-state index >= 15 is 0 Å². The Morgan fingerprint density at radius 1 is 1.24 bits per heavy atom. The Balaban J connectivity index is 1.44. The van der Waals surface area contributed by atoms with Crippen LogP contribution >= 0.6 is 11.6 Å². The zero-order valence-electron chi connectivity index (χ0n) is 19.9. The molecule has 2 amide bonds. The molecule has 34 heavy (non-hydrogen) atoms. The third-order valence-electron chi connectivity index (χ3n) is 6.78. The third kappa shape index (κ3) is 5.57. The van der Waals surface area contributed by atoms with Crippen LogP contribution in [-0.2, 0) is 11.3 Å². The molecule has 1 aromatic heterocycles. The van der Waals surface area contributed by atoms with E-state index in [2.05, 4.69) is 28.2 Å². The number of halogens is 1. The van der Waals surface area contributed by atoms with Gasteiger partial charge in [0.1, 0.15) is 6.07 Å². The number of aryl methyl sites for hydroxylation is 1. The Labute approximate surface area is 205 Å². The van der Waals surface area contributed by atoms with E-state index in [0.29, 0.717) is 46.4 Å². The highest BCUT2D eigenvalue weighted by molar-refractivity contribution is 6.31. The summed E-state index contributed by atoms with van der Waals surface area (Å²) < 4.78 is 0. The van der Waals surface area contributed by atoms with Crippen molar-refractivity contribution in [3.63, 3.8) is 0 Å². The normalized spacial score (nSPS) is 18.4. The predicted octanol–water partition coefficient (Wildman–Crippen LogP) is 4.31.